The monoisotopic (exact) mass is 383 g/mol. The molecule has 2 aromatic rings. The fourth-order valence-corrected chi connectivity index (χ4v) is 4.76. The molecule has 2 bridgehead atoms. The number of benzene rings is 1. The summed E-state index contributed by atoms with van der Waals surface area (Å²) in [4.78, 5) is 30.0. The Labute approximate surface area is 165 Å². The number of ether oxygens (including phenoxy) is 1. The van der Waals surface area contributed by atoms with Crippen LogP contribution in [0.25, 0.3) is 10.9 Å². The van der Waals surface area contributed by atoms with E-state index in [-0.39, 0.29) is 17.9 Å². The summed E-state index contributed by atoms with van der Waals surface area (Å²) in [5.41, 5.74) is 1.68. The standard InChI is InChI=1S/C22H29N3O3/c1-16-11-21(26)19-5-3-4-6-20(19)25(16)15-22(27)24-13-17-7-8-18(14-24)23(12-17)9-10-28-2/h3-6,11,17-18H,7-10,12-15H2,1-2H3/t17-,18-/m1/s1. The van der Waals surface area contributed by atoms with Crippen LogP contribution in [0.4, 0.5) is 0 Å². The summed E-state index contributed by atoms with van der Waals surface area (Å²) in [6.07, 6.45) is 2.34. The molecule has 6 heteroatoms. The summed E-state index contributed by atoms with van der Waals surface area (Å²) in [6, 6.07) is 9.60. The molecule has 0 radical (unpaired) electrons. The Balaban J connectivity index is 1.55. The number of aromatic nitrogens is 1. The molecule has 0 unspecified atom stereocenters. The summed E-state index contributed by atoms with van der Waals surface area (Å²) in [5.74, 6) is 0.675. The average molecular weight is 383 g/mol. The predicted molar refractivity (Wildman–Crippen MR) is 109 cm³/mol. The molecule has 1 amide bonds. The highest BCUT2D eigenvalue weighted by molar-refractivity contribution is 5.82. The van der Waals surface area contributed by atoms with Crippen molar-refractivity contribution in [1.29, 1.82) is 0 Å². The number of carbonyl (C=O) groups is 1. The van der Waals surface area contributed by atoms with Gasteiger partial charge in [0, 0.05) is 56.5 Å². The predicted octanol–water partition coefficient (Wildman–Crippen LogP) is 1.88. The van der Waals surface area contributed by atoms with Gasteiger partial charge in [0.25, 0.3) is 0 Å². The minimum atomic E-state index is 0.0124. The quantitative estimate of drug-likeness (QED) is 0.791. The molecule has 0 spiro atoms. The first kappa shape index (κ1) is 19.2. The fourth-order valence-electron chi connectivity index (χ4n) is 4.76. The van der Waals surface area contributed by atoms with E-state index in [1.54, 1.807) is 13.2 Å². The normalized spacial score (nSPS) is 22.6. The molecule has 0 saturated carbocycles. The number of rotatable bonds is 5. The molecular weight excluding hydrogens is 354 g/mol. The van der Waals surface area contributed by atoms with Gasteiger partial charge in [-0.1, -0.05) is 12.1 Å². The molecule has 3 aliphatic rings. The van der Waals surface area contributed by atoms with Crippen molar-refractivity contribution < 1.29 is 9.53 Å². The number of aryl methyl sites for hydroxylation is 1. The van der Waals surface area contributed by atoms with E-state index in [1.165, 1.54) is 6.42 Å². The first-order valence-corrected chi connectivity index (χ1v) is 10.2. The van der Waals surface area contributed by atoms with Gasteiger partial charge in [-0.3, -0.25) is 14.5 Å². The summed E-state index contributed by atoms with van der Waals surface area (Å²) < 4.78 is 7.24. The topological polar surface area (TPSA) is 54.8 Å². The van der Waals surface area contributed by atoms with Crippen molar-refractivity contribution in [3.8, 4) is 0 Å². The van der Waals surface area contributed by atoms with Gasteiger partial charge in [0.05, 0.1) is 12.1 Å². The van der Waals surface area contributed by atoms with Crippen molar-refractivity contribution in [3.05, 3.63) is 46.2 Å². The van der Waals surface area contributed by atoms with Crippen molar-refractivity contribution in [3.63, 3.8) is 0 Å². The molecule has 6 nitrogen and oxygen atoms in total. The van der Waals surface area contributed by atoms with E-state index in [1.807, 2.05) is 40.7 Å². The number of nitrogens with zero attached hydrogens (tertiary/aromatic N) is 3. The van der Waals surface area contributed by atoms with E-state index < -0.39 is 0 Å². The largest absolute Gasteiger partial charge is 0.383 e. The molecule has 1 aromatic carbocycles. The second kappa shape index (κ2) is 8.05. The molecule has 3 saturated heterocycles. The first-order valence-electron chi connectivity index (χ1n) is 10.2. The number of methoxy groups -OCH3 is 1. The highest BCUT2D eigenvalue weighted by atomic mass is 16.5. The van der Waals surface area contributed by atoms with Gasteiger partial charge in [-0.05, 0) is 37.8 Å². The second-order valence-corrected chi connectivity index (χ2v) is 8.14. The Morgan fingerprint density at radius 2 is 2.00 bits per heavy atom. The maximum absolute atomic E-state index is 13.2. The molecule has 5 rings (SSSR count). The Morgan fingerprint density at radius 1 is 1.18 bits per heavy atom. The van der Waals surface area contributed by atoms with Crippen molar-refractivity contribution in [2.75, 3.05) is 39.9 Å². The highest BCUT2D eigenvalue weighted by Crippen LogP contribution is 2.28. The van der Waals surface area contributed by atoms with E-state index in [0.717, 1.165) is 50.4 Å². The number of pyridine rings is 1. The molecule has 1 aromatic heterocycles. The van der Waals surface area contributed by atoms with Crippen LogP contribution in [0.3, 0.4) is 0 Å². The number of piperidine rings is 1. The number of hydrogen-bond donors (Lipinski definition) is 0. The molecular formula is C22H29N3O3. The smallest absolute Gasteiger partial charge is 0.242 e. The third-order valence-corrected chi connectivity index (χ3v) is 6.28. The van der Waals surface area contributed by atoms with E-state index in [4.69, 9.17) is 4.74 Å². The zero-order valence-electron chi connectivity index (χ0n) is 16.8. The summed E-state index contributed by atoms with van der Waals surface area (Å²) >= 11 is 0. The van der Waals surface area contributed by atoms with E-state index >= 15 is 0 Å². The van der Waals surface area contributed by atoms with Crippen LogP contribution in [0.2, 0.25) is 0 Å². The third kappa shape index (κ3) is 3.71. The lowest BCUT2D eigenvalue weighted by Gasteiger charge is -2.35. The van der Waals surface area contributed by atoms with Gasteiger partial charge >= 0.3 is 0 Å². The SMILES string of the molecule is COCCN1C[C@H]2CC[C@@H]1CN(C(=O)Cn1c(C)cc(=O)c3ccccc31)C2. The Morgan fingerprint density at radius 3 is 2.82 bits per heavy atom. The molecule has 28 heavy (non-hydrogen) atoms. The zero-order valence-corrected chi connectivity index (χ0v) is 16.8. The lowest BCUT2D eigenvalue weighted by Crippen LogP contribution is -2.46. The van der Waals surface area contributed by atoms with Gasteiger partial charge in [0.2, 0.25) is 5.91 Å². The van der Waals surface area contributed by atoms with Crippen LogP contribution in [-0.2, 0) is 16.1 Å². The Kier molecular flexibility index (Phi) is 5.51. The minimum Gasteiger partial charge on any atom is -0.383 e. The molecule has 2 atom stereocenters. The van der Waals surface area contributed by atoms with Crippen molar-refractivity contribution in [2.24, 2.45) is 5.92 Å². The number of carbonyl (C=O) groups excluding carboxylic acids is 1. The van der Waals surface area contributed by atoms with Crippen LogP contribution < -0.4 is 5.43 Å². The van der Waals surface area contributed by atoms with Gasteiger partial charge in [-0.2, -0.15) is 0 Å². The molecule has 3 aliphatic heterocycles. The fraction of sp³-hybridized carbons (Fsp3) is 0.545. The van der Waals surface area contributed by atoms with Crippen LogP contribution in [0.1, 0.15) is 18.5 Å². The molecule has 3 fully saturated rings. The lowest BCUT2D eigenvalue weighted by molar-refractivity contribution is -0.132. The van der Waals surface area contributed by atoms with E-state index in [9.17, 15) is 9.59 Å². The van der Waals surface area contributed by atoms with Crippen molar-refractivity contribution >= 4 is 16.8 Å². The molecule has 0 aliphatic carbocycles. The van der Waals surface area contributed by atoms with E-state index in [0.29, 0.717) is 17.3 Å². The van der Waals surface area contributed by atoms with Crippen LogP contribution in [-0.4, -0.2) is 66.2 Å². The average Bonchev–Trinajstić information content (AvgIpc) is 3.01. The Bertz CT molecular complexity index is 923. The minimum absolute atomic E-state index is 0.0124. The van der Waals surface area contributed by atoms with Crippen LogP contribution in [0.5, 0.6) is 0 Å². The number of para-hydroxylation sites is 1. The number of amides is 1. The maximum atomic E-state index is 13.2. The summed E-state index contributed by atoms with van der Waals surface area (Å²) in [6.45, 7) is 6.52. The van der Waals surface area contributed by atoms with Gasteiger partial charge in [0.1, 0.15) is 6.54 Å². The first-order chi connectivity index (χ1) is 13.6. The molecule has 0 N–H and O–H groups in total. The van der Waals surface area contributed by atoms with Crippen LogP contribution in [0, 0.1) is 12.8 Å². The Hall–Kier alpha value is -2.18. The number of fused-ring (bicyclic) bond motifs is 5. The number of hydrogen-bond acceptors (Lipinski definition) is 4. The van der Waals surface area contributed by atoms with Gasteiger partial charge < -0.3 is 14.2 Å². The van der Waals surface area contributed by atoms with Crippen LogP contribution >= 0.6 is 0 Å². The van der Waals surface area contributed by atoms with Gasteiger partial charge in [0.15, 0.2) is 5.43 Å². The summed E-state index contributed by atoms with van der Waals surface area (Å²) in [7, 11) is 1.74. The maximum Gasteiger partial charge on any atom is 0.242 e. The van der Waals surface area contributed by atoms with E-state index in [2.05, 4.69) is 4.90 Å². The van der Waals surface area contributed by atoms with Crippen molar-refractivity contribution in [2.45, 2.75) is 32.4 Å². The molecule has 150 valence electrons. The lowest BCUT2D eigenvalue weighted by atomic mass is 9.95. The highest BCUT2D eigenvalue weighted by Gasteiger charge is 2.36. The second-order valence-electron chi connectivity index (χ2n) is 8.14. The third-order valence-electron chi connectivity index (χ3n) is 6.28. The van der Waals surface area contributed by atoms with Gasteiger partial charge in [-0.15, -0.1) is 0 Å². The zero-order chi connectivity index (χ0) is 19.7. The van der Waals surface area contributed by atoms with Crippen LogP contribution in [0.15, 0.2) is 35.1 Å². The van der Waals surface area contributed by atoms with Gasteiger partial charge in [-0.25, -0.2) is 0 Å². The molecule has 4 heterocycles. The van der Waals surface area contributed by atoms with Crippen molar-refractivity contribution in [1.82, 2.24) is 14.4 Å². The summed E-state index contributed by atoms with van der Waals surface area (Å²) in [5, 5.41) is 0.669.